The van der Waals surface area contributed by atoms with E-state index in [4.69, 9.17) is 0 Å². The first kappa shape index (κ1) is 16.3. The summed E-state index contributed by atoms with van der Waals surface area (Å²) in [6.07, 6.45) is 0.643. The summed E-state index contributed by atoms with van der Waals surface area (Å²) < 4.78 is 1.15. The quantitative estimate of drug-likeness (QED) is 0.570. The Kier molecular flexibility index (Phi) is 4.07. The average molecular weight is 446 g/mol. The number of fused-ring (bicyclic) bond motifs is 1. The Labute approximate surface area is 158 Å². The van der Waals surface area contributed by atoms with E-state index in [0.717, 1.165) is 20.3 Å². The SMILES string of the molecule is O=C1CCC(N2Cc3c(cccc3-c3ccc(I)cc3)C2=O)C(=O)N1. The van der Waals surface area contributed by atoms with Crippen LogP contribution in [0.15, 0.2) is 42.5 Å². The van der Waals surface area contributed by atoms with Gasteiger partial charge in [0.05, 0.1) is 0 Å². The molecule has 2 aliphatic rings. The lowest BCUT2D eigenvalue weighted by atomic mass is 9.97. The topological polar surface area (TPSA) is 66.5 Å². The average Bonchev–Trinajstić information content (AvgIpc) is 2.93. The van der Waals surface area contributed by atoms with Crippen molar-refractivity contribution in [2.24, 2.45) is 0 Å². The molecule has 1 saturated heterocycles. The molecule has 1 unspecified atom stereocenters. The van der Waals surface area contributed by atoms with E-state index in [1.54, 1.807) is 11.0 Å². The Bertz CT molecular complexity index is 892. The van der Waals surface area contributed by atoms with Crippen LogP contribution in [0.5, 0.6) is 0 Å². The number of nitrogens with one attached hydrogen (secondary N) is 1. The van der Waals surface area contributed by atoms with Gasteiger partial charge in [0.1, 0.15) is 6.04 Å². The minimum atomic E-state index is -0.581. The Morgan fingerprint density at radius 1 is 1.00 bits per heavy atom. The van der Waals surface area contributed by atoms with Crippen molar-refractivity contribution in [2.75, 3.05) is 0 Å². The van der Waals surface area contributed by atoms with Crippen LogP contribution >= 0.6 is 22.6 Å². The van der Waals surface area contributed by atoms with Gasteiger partial charge in [-0.25, -0.2) is 0 Å². The molecule has 6 heteroatoms. The second-order valence-electron chi connectivity index (χ2n) is 6.24. The first-order valence-electron chi connectivity index (χ1n) is 8.07. The van der Waals surface area contributed by atoms with Crippen molar-refractivity contribution < 1.29 is 14.4 Å². The molecule has 1 fully saturated rings. The predicted molar refractivity (Wildman–Crippen MR) is 101 cm³/mol. The van der Waals surface area contributed by atoms with Crippen molar-refractivity contribution in [3.63, 3.8) is 0 Å². The van der Waals surface area contributed by atoms with Gasteiger partial charge in [-0.2, -0.15) is 0 Å². The standard InChI is InChI=1S/C19H15IN2O3/c20-12-6-4-11(5-7-12)13-2-1-3-14-15(13)10-22(19(14)25)16-8-9-17(23)21-18(16)24/h1-7,16H,8-10H2,(H,21,23,24). The molecule has 1 atom stereocenters. The fraction of sp³-hybridized carbons (Fsp3) is 0.211. The molecule has 25 heavy (non-hydrogen) atoms. The van der Waals surface area contributed by atoms with Crippen LogP contribution in [-0.2, 0) is 16.1 Å². The molecule has 1 N–H and O–H groups in total. The van der Waals surface area contributed by atoms with Gasteiger partial charge < -0.3 is 4.90 Å². The number of amides is 3. The highest BCUT2D eigenvalue weighted by Crippen LogP contribution is 2.34. The lowest BCUT2D eigenvalue weighted by Gasteiger charge is -2.29. The molecule has 2 aliphatic heterocycles. The Morgan fingerprint density at radius 3 is 2.44 bits per heavy atom. The van der Waals surface area contributed by atoms with Crippen molar-refractivity contribution >= 4 is 40.3 Å². The van der Waals surface area contributed by atoms with E-state index in [1.807, 2.05) is 36.4 Å². The van der Waals surface area contributed by atoms with E-state index in [1.165, 1.54) is 0 Å². The van der Waals surface area contributed by atoms with Gasteiger partial charge in [0.15, 0.2) is 0 Å². The summed E-state index contributed by atoms with van der Waals surface area (Å²) >= 11 is 2.26. The minimum absolute atomic E-state index is 0.142. The van der Waals surface area contributed by atoms with Gasteiger partial charge in [-0.3, -0.25) is 19.7 Å². The van der Waals surface area contributed by atoms with Crippen LogP contribution in [0, 0.1) is 3.57 Å². The summed E-state index contributed by atoms with van der Waals surface area (Å²) in [6, 6.07) is 13.2. The molecule has 126 valence electrons. The summed E-state index contributed by atoms with van der Waals surface area (Å²) in [5.41, 5.74) is 3.64. The molecule has 0 radical (unpaired) electrons. The first-order chi connectivity index (χ1) is 12.0. The van der Waals surface area contributed by atoms with Crippen molar-refractivity contribution in [1.82, 2.24) is 10.2 Å². The van der Waals surface area contributed by atoms with Crippen molar-refractivity contribution in [2.45, 2.75) is 25.4 Å². The molecule has 0 aromatic heterocycles. The first-order valence-corrected chi connectivity index (χ1v) is 9.15. The molecule has 0 saturated carbocycles. The Balaban J connectivity index is 1.70. The third-order valence-electron chi connectivity index (χ3n) is 4.74. The third kappa shape index (κ3) is 2.84. The lowest BCUT2D eigenvalue weighted by molar-refractivity contribution is -0.136. The van der Waals surface area contributed by atoms with Crippen molar-refractivity contribution in [1.29, 1.82) is 0 Å². The van der Waals surface area contributed by atoms with Crippen LogP contribution in [0.1, 0.15) is 28.8 Å². The van der Waals surface area contributed by atoms with E-state index in [-0.39, 0.29) is 24.1 Å². The van der Waals surface area contributed by atoms with Gasteiger partial charge in [-0.05, 0) is 63.9 Å². The number of hydrogen-bond donors (Lipinski definition) is 1. The summed E-state index contributed by atoms with van der Waals surface area (Å²) in [5, 5.41) is 2.33. The maximum absolute atomic E-state index is 12.8. The van der Waals surface area contributed by atoms with E-state index >= 15 is 0 Å². The molecular weight excluding hydrogens is 431 g/mol. The number of benzene rings is 2. The zero-order valence-electron chi connectivity index (χ0n) is 13.3. The Hall–Kier alpha value is -2.22. The summed E-state index contributed by atoms with van der Waals surface area (Å²) in [7, 11) is 0. The fourth-order valence-corrected chi connectivity index (χ4v) is 3.85. The molecule has 0 bridgehead atoms. The zero-order chi connectivity index (χ0) is 17.6. The van der Waals surface area contributed by atoms with Gasteiger partial charge in [-0.1, -0.05) is 24.3 Å². The monoisotopic (exact) mass is 446 g/mol. The van der Waals surface area contributed by atoms with E-state index in [2.05, 4.69) is 27.9 Å². The molecule has 4 rings (SSSR count). The summed E-state index contributed by atoms with van der Waals surface area (Å²) in [4.78, 5) is 37.9. The molecule has 2 aromatic rings. The molecule has 2 aromatic carbocycles. The second kappa shape index (κ2) is 6.25. The molecule has 5 nitrogen and oxygen atoms in total. The molecular formula is C19H15IN2O3. The highest BCUT2D eigenvalue weighted by Gasteiger charge is 2.39. The molecule has 0 spiro atoms. The van der Waals surface area contributed by atoms with Crippen LogP contribution in [-0.4, -0.2) is 28.7 Å². The predicted octanol–water partition coefficient (Wildman–Crippen LogP) is 2.72. The number of hydrogen-bond acceptors (Lipinski definition) is 3. The normalized spacial score (nSPS) is 19.8. The molecule has 2 heterocycles. The van der Waals surface area contributed by atoms with Gasteiger partial charge in [0.2, 0.25) is 11.8 Å². The zero-order valence-corrected chi connectivity index (χ0v) is 15.4. The number of piperidine rings is 1. The highest BCUT2D eigenvalue weighted by molar-refractivity contribution is 14.1. The maximum atomic E-state index is 12.8. The van der Waals surface area contributed by atoms with E-state index < -0.39 is 6.04 Å². The Morgan fingerprint density at radius 2 is 1.72 bits per heavy atom. The summed E-state index contributed by atoms with van der Waals surface area (Å²) in [6.45, 7) is 0.391. The van der Waals surface area contributed by atoms with Crippen molar-refractivity contribution in [3.8, 4) is 11.1 Å². The molecule has 3 amide bonds. The number of halogens is 1. The number of carbonyl (C=O) groups is 3. The minimum Gasteiger partial charge on any atom is -0.322 e. The third-order valence-corrected chi connectivity index (χ3v) is 5.46. The van der Waals surface area contributed by atoms with Crippen molar-refractivity contribution in [3.05, 3.63) is 57.2 Å². The summed E-state index contributed by atoms with van der Waals surface area (Å²) in [5.74, 6) is -0.796. The number of rotatable bonds is 2. The maximum Gasteiger partial charge on any atom is 0.255 e. The number of nitrogens with zero attached hydrogens (tertiary/aromatic N) is 1. The number of carbonyl (C=O) groups excluding carboxylic acids is 3. The highest BCUT2D eigenvalue weighted by atomic mass is 127. The van der Waals surface area contributed by atoms with Crippen LogP contribution in [0.4, 0.5) is 0 Å². The van der Waals surface area contributed by atoms with E-state index in [9.17, 15) is 14.4 Å². The fourth-order valence-electron chi connectivity index (χ4n) is 3.49. The van der Waals surface area contributed by atoms with Gasteiger partial charge in [0.25, 0.3) is 5.91 Å². The van der Waals surface area contributed by atoms with Gasteiger partial charge in [-0.15, -0.1) is 0 Å². The van der Waals surface area contributed by atoms with Crippen LogP contribution < -0.4 is 5.32 Å². The van der Waals surface area contributed by atoms with Crippen LogP contribution in [0.2, 0.25) is 0 Å². The second-order valence-corrected chi connectivity index (χ2v) is 7.48. The smallest absolute Gasteiger partial charge is 0.255 e. The van der Waals surface area contributed by atoms with E-state index in [0.29, 0.717) is 18.5 Å². The van der Waals surface area contributed by atoms with Crippen LogP contribution in [0.3, 0.4) is 0 Å². The largest absolute Gasteiger partial charge is 0.322 e. The van der Waals surface area contributed by atoms with Gasteiger partial charge >= 0.3 is 0 Å². The number of imide groups is 1. The van der Waals surface area contributed by atoms with Crippen LogP contribution in [0.25, 0.3) is 11.1 Å². The lowest BCUT2D eigenvalue weighted by Crippen LogP contribution is -2.52. The van der Waals surface area contributed by atoms with Gasteiger partial charge in [0, 0.05) is 22.1 Å². The molecule has 0 aliphatic carbocycles.